The van der Waals surface area contributed by atoms with Crippen LogP contribution in [0.5, 0.6) is 11.5 Å². The summed E-state index contributed by atoms with van der Waals surface area (Å²) in [6, 6.07) is 15.7. The molecule has 6 heteroatoms. The molecule has 1 amide bonds. The van der Waals surface area contributed by atoms with Gasteiger partial charge in [0.25, 0.3) is 5.91 Å². The predicted octanol–water partition coefficient (Wildman–Crippen LogP) is 4.13. The fourth-order valence-electron chi connectivity index (χ4n) is 3.27. The van der Waals surface area contributed by atoms with Crippen LogP contribution in [0.4, 0.5) is 0 Å². The zero-order valence-electron chi connectivity index (χ0n) is 15.9. The third-order valence-electron chi connectivity index (χ3n) is 4.81. The molecule has 0 spiro atoms. The molecule has 1 aromatic heterocycles. The van der Waals surface area contributed by atoms with Gasteiger partial charge in [0, 0.05) is 11.6 Å². The predicted molar refractivity (Wildman–Crippen MR) is 104 cm³/mol. The first-order valence-electron chi connectivity index (χ1n) is 9.33. The van der Waals surface area contributed by atoms with E-state index in [1.54, 1.807) is 19.1 Å². The average Bonchev–Trinajstić information content (AvgIpc) is 3.32. The van der Waals surface area contributed by atoms with Crippen molar-refractivity contribution in [1.29, 1.82) is 0 Å². The van der Waals surface area contributed by atoms with Gasteiger partial charge in [0.15, 0.2) is 17.3 Å². The van der Waals surface area contributed by atoms with Gasteiger partial charge in [-0.1, -0.05) is 35.5 Å². The fraction of sp³-hybridized carbons (Fsp3) is 0.273. The Labute approximate surface area is 163 Å². The van der Waals surface area contributed by atoms with E-state index in [-0.39, 0.29) is 18.7 Å². The van der Waals surface area contributed by atoms with Crippen molar-refractivity contribution < 1.29 is 18.8 Å². The molecule has 1 aliphatic heterocycles. The molecule has 2 aromatic carbocycles. The minimum atomic E-state index is -0.188. The standard InChI is InChI=1S/C22H22N2O4/c1-14(8-9-16-6-4-3-5-7-16)23-22(25)20-15(2)24-28-21(20)17-10-11-18-19(12-17)27-13-26-18/h3-7,10-12,14H,8-9,13H2,1-2H3,(H,23,25)/t14-/m0/s1. The molecule has 0 unspecified atom stereocenters. The number of aromatic nitrogens is 1. The van der Waals surface area contributed by atoms with E-state index in [2.05, 4.69) is 22.6 Å². The maximum Gasteiger partial charge on any atom is 0.257 e. The van der Waals surface area contributed by atoms with E-state index in [4.69, 9.17) is 14.0 Å². The van der Waals surface area contributed by atoms with Crippen LogP contribution in [-0.2, 0) is 6.42 Å². The Balaban J connectivity index is 1.48. The molecule has 0 saturated heterocycles. The number of benzene rings is 2. The molecule has 1 N–H and O–H groups in total. The Hall–Kier alpha value is -3.28. The Bertz CT molecular complexity index is 981. The minimum Gasteiger partial charge on any atom is -0.454 e. The van der Waals surface area contributed by atoms with Gasteiger partial charge in [-0.2, -0.15) is 0 Å². The van der Waals surface area contributed by atoms with Gasteiger partial charge in [0.1, 0.15) is 5.56 Å². The molecule has 0 aliphatic carbocycles. The van der Waals surface area contributed by atoms with E-state index < -0.39 is 0 Å². The summed E-state index contributed by atoms with van der Waals surface area (Å²) in [5.74, 6) is 1.56. The third kappa shape index (κ3) is 3.71. The number of fused-ring (bicyclic) bond motifs is 1. The van der Waals surface area contributed by atoms with E-state index >= 15 is 0 Å². The topological polar surface area (TPSA) is 73.6 Å². The van der Waals surface area contributed by atoms with Gasteiger partial charge in [-0.05, 0) is 50.5 Å². The van der Waals surface area contributed by atoms with Gasteiger partial charge in [0.2, 0.25) is 6.79 Å². The van der Waals surface area contributed by atoms with Crippen molar-refractivity contribution in [1.82, 2.24) is 10.5 Å². The number of hydrogen-bond donors (Lipinski definition) is 1. The number of amides is 1. The van der Waals surface area contributed by atoms with Crippen LogP contribution in [0.1, 0.15) is 35.0 Å². The van der Waals surface area contributed by atoms with Crippen molar-refractivity contribution in [2.24, 2.45) is 0 Å². The molecule has 0 fully saturated rings. The van der Waals surface area contributed by atoms with Crippen LogP contribution < -0.4 is 14.8 Å². The van der Waals surface area contributed by atoms with Gasteiger partial charge < -0.3 is 19.3 Å². The first-order chi connectivity index (χ1) is 13.6. The second-order valence-electron chi connectivity index (χ2n) is 6.94. The smallest absolute Gasteiger partial charge is 0.257 e. The van der Waals surface area contributed by atoms with E-state index in [1.807, 2.05) is 31.2 Å². The summed E-state index contributed by atoms with van der Waals surface area (Å²) in [7, 11) is 0. The van der Waals surface area contributed by atoms with Crippen LogP contribution in [0.3, 0.4) is 0 Å². The zero-order valence-corrected chi connectivity index (χ0v) is 15.9. The van der Waals surface area contributed by atoms with Gasteiger partial charge in [0.05, 0.1) is 5.69 Å². The first-order valence-corrected chi connectivity index (χ1v) is 9.33. The number of ether oxygens (including phenoxy) is 2. The lowest BCUT2D eigenvalue weighted by atomic mass is 10.0. The summed E-state index contributed by atoms with van der Waals surface area (Å²) in [4.78, 5) is 12.9. The zero-order chi connectivity index (χ0) is 19.5. The molecular weight excluding hydrogens is 356 g/mol. The summed E-state index contributed by atoms with van der Waals surface area (Å²) in [5.41, 5.74) is 2.99. The van der Waals surface area contributed by atoms with Crippen molar-refractivity contribution in [3.05, 3.63) is 65.4 Å². The molecule has 1 atom stereocenters. The molecule has 0 bridgehead atoms. The molecule has 6 nitrogen and oxygen atoms in total. The van der Waals surface area contributed by atoms with Crippen LogP contribution in [0.25, 0.3) is 11.3 Å². The Morgan fingerprint density at radius 3 is 2.75 bits per heavy atom. The van der Waals surface area contributed by atoms with Gasteiger partial charge in [-0.3, -0.25) is 4.79 Å². The Morgan fingerprint density at radius 1 is 1.14 bits per heavy atom. The van der Waals surface area contributed by atoms with Crippen LogP contribution >= 0.6 is 0 Å². The lowest BCUT2D eigenvalue weighted by molar-refractivity contribution is 0.0938. The fourth-order valence-corrected chi connectivity index (χ4v) is 3.27. The van der Waals surface area contributed by atoms with Gasteiger partial charge in [-0.15, -0.1) is 0 Å². The maximum absolute atomic E-state index is 12.9. The highest BCUT2D eigenvalue weighted by Gasteiger charge is 2.24. The van der Waals surface area contributed by atoms with Crippen molar-refractivity contribution in [2.45, 2.75) is 32.7 Å². The van der Waals surface area contributed by atoms with Crippen LogP contribution in [0.2, 0.25) is 0 Å². The third-order valence-corrected chi connectivity index (χ3v) is 4.81. The lowest BCUT2D eigenvalue weighted by Crippen LogP contribution is -2.33. The molecule has 1 aliphatic rings. The van der Waals surface area contributed by atoms with Crippen LogP contribution in [0.15, 0.2) is 53.1 Å². The SMILES string of the molecule is Cc1noc(-c2ccc3c(c2)OCO3)c1C(=O)N[C@@H](C)CCc1ccccc1. The normalized spacial score (nSPS) is 13.4. The quantitative estimate of drug-likeness (QED) is 0.698. The minimum absolute atomic E-state index is 0.0200. The van der Waals surface area contributed by atoms with Crippen molar-refractivity contribution >= 4 is 5.91 Å². The number of aryl methyl sites for hydroxylation is 2. The average molecular weight is 378 g/mol. The first kappa shape index (κ1) is 18.1. The van der Waals surface area contributed by atoms with E-state index in [1.165, 1.54) is 5.56 Å². The number of nitrogens with one attached hydrogen (secondary N) is 1. The Morgan fingerprint density at radius 2 is 1.93 bits per heavy atom. The number of carbonyl (C=O) groups is 1. The maximum atomic E-state index is 12.9. The molecule has 144 valence electrons. The van der Waals surface area contributed by atoms with Crippen LogP contribution in [-0.4, -0.2) is 23.9 Å². The molecular formula is C22H22N2O4. The summed E-state index contributed by atoms with van der Waals surface area (Å²) >= 11 is 0. The van der Waals surface area contributed by atoms with Crippen molar-refractivity contribution in [2.75, 3.05) is 6.79 Å². The van der Waals surface area contributed by atoms with Crippen molar-refractivity contribution in [3.63, 3.8) is 0 Å². The molecule has 4 rings (SSSR count). The second-order valence-corrected chi connectivity index (χ2v) is 6.94. The molecule has 2 heterocycles. The summed E-state index contributed by atoms with van der Waals surface area (Å²) < 4.78 is 16.2. The lowest BCUT2D eigenvalue weighted by Gasteiger charge is -2.14. The second kappa shape index (κ2) is 7.76. The summed E-state index contributed by atoms with van der Waals surface area (Å²) in [6.07, 6.45) is 1.75. The highest BCUT2D eigenvalue weighted by Crippen LogP contribution is 2.37. The van der Waals surface area contributed by atoms with E-state index in [0.29, 0.717) is 28.5 Å². The van der Waals surface area contributed by atoms with Gasteiger partial charge >= 0.3 is 0 Å². The molecule has 0 saturated carbocycles. The summed E-state index contributed by atoms with van der Waals surface area (Å²) in [6.45, 7) is 3.97. The van der Waals surface area contributed by atoms with E-state index in [0.717, 1.165) is 18.4 Å². The molecule has 0 radical (unpaired) electrons. The van der Waals surface area contributed by atoms with E-state index in [9.17, 15) is 4.79 Å². The number of carbonyl (C=O) groups excluding carboxylic acids is 1. The highest BCUT2D eigenvalue weighted by molar-refractivity contribution is 6.00. The number of rotatable bonds is 6. The largest absolute Gasteiger partial charge is 0.454 e. The molecule has 28 heavy (non-hydrogen) atoms. The Kier molecular flexibility index (Phi) is 5.02. The number of nitrogens with zero attached hydrogens (tertiary/aromatic N) is 1. The molecule has 3 aromatic rings. The monoisotopic (exact) mass is 378 g/mol. The van der Waals surface area contributed by atoms with Crippen LogP contribution in [0, 0.1) is 6.92 Å². The number of hydrogen-bond acceptors (Lipinski definition) is 5. The summed E-state index contributed by atoms with van der Waals surface area (Å²) in [5, 5.41) is 7.06. The van der Waals surface area contributed by atoms with Gasteiger partial charge in [-0.25, -0.2) is 0 Å². The highest BCUT2D eigenvalue weighted by atomic mass is 16.7. The van der Waals surface area contributed by atoms with Crippen molar-refractivity contribution in [3.8, 4) is 22.8 Å².